The van der Waals surface area contributed by atoms with E-state index >= 15 is 0 Å². The lowest BCUT2D eigenvalue weighted by atomic mass is 10.2. The highest BCUT2D eigenvalue weighted by atomic mass is 19.1. The third kappa shape index (κ3) is 6.33. The molecule has 1 unspecified atom stereocenters. The number of hydrogen-bond donors (Lipinski definition) is 2. The van der Waals surface area contributed by atoms with Crippen molar-refractivity contribution >= 4 is 17.8 Å². The molecule has 0 aliphatic rings. The Kier molecular flexibility index (Phi) is 6.98. The van der Waals surface area contributed by atoms with E-state index in [1.165, 1.54) is 38.1 Å². The number of nitrogens with zero attached hydrogens (tertiary/aromatic N) is 1. The van der Waals surface area contributed by atoms with Crippen LogP contribution in [0.25, 0.3) is 0 Å². The highest BCUT2D eigenvalue weighted by Gasteiger charge is 2.25. The molecule has 1 atom stereocenters. The van der Waals surface area contributed by atoms with Crippen molar-refractivity contribution in [2.24, 2.45) is 0 Å². The molecule has 0 heterocycles. The Morgan fingerprint density at radius 1 is 1.30 bits per heavy atom. The number of carboxylic acids is 1. The number of hydrogen-bond acceptors (Lipinski definition) is 4. The molecule has 0 saturated heterocycles. The van der Waals surface area contributed by atoms with Gasteiger partial charge in [-0.1, -0.05) is 0 Å². The monoisotopic (exact) mass is 326 g/mol. The molecule has 1 aromatic carbocycles. The SMILES string of the molecule is CC(=O)NCCN(C(=O)COc1ccc(F)cc1)C(C)C(=O)O. The molecule has 1 rings (SSSR count). The van der Waals surface area contributed by atoms with Gasteiger partial charge in [-0.3, -0.25) is 9.59 Å². The molecule has 0 bridgehead atoms. The molecule has 1 aromatic rings. The highest BCUT2D eigenvalue weighted by Crippen LogP contribution is 2.11. The Morgan fingerprint density at radius 3 is 2.43 bits per heavy atom. The second-order valence-electron chi connectivity index (χ2n) is 4.83. The van der Waals surface area contributed by atoms with Gasteiger partial charge in [0.25, 0.3) is 5.91 Å². The summed E-state index contributed by atoms with van der Waals surface area (Å²) in [6.07, 6.45) is 0. The van der Waals surface area contributed by atoms with Crippen LogP contribution in [0.3, 0.4) is 0 Å². The Morgan fingerprint density at radius 2 is 1.91 bits per heavy atom. The summed E-state index contributed by atoms with van der Waals surface area (Å²) in [5.74, 6) is -2.12. The van der Waals surface area contributed by atoms with Crippen molar-refractivity contribution in [2.75, 3.05) is 19.7 Å². The second-order valence-corrected chi connectivity index (χ2v) is 4.83. The van der Waals surface area contributed by atoms with Crippen molar-refractivity contribution < 1.29 is 28.6 Å². The van der Waals surface area contributed by atoms with Crippen LogP contribution in [0, 0.1) is 5.82 Å². The summed E-state index contributed by atoms with van der Waals surface area (Å²) in [4.78, 5) is 35.2. The quantitative estimate of drug-likeness (QED) is 0.731. The fraction of sp³-hybridized carbons (Fsp3) is 0.400. The smallest absolute Gasteiger partial charge is 0.326 e. The lowest BCUT2D eigenvalue weighted by Crippen LogP contribution is -2.48. The fourth-order valence-corrected chi connectivity index (χ4v) is 1.78. The molecule has 0 saturated carbocycles. The molecule has 0 aromatic heterocycles. The molecule has 0 spiro atoms. The summed E-state index contributed by atoms with van der Waals surface area (Å²) in [6, 6.07) is 4.05. The first-order valence-corrected chi connectivity index (χ1v) is 6.96. The summed E-state index contributed by atoms with van der Waals surface area (Å²) in [5.41, 5.74) is 0. The van der Waals surface area contributed by atoms with Gasteiger partial charge in [-0.2, -0.15) is 0 Å². The Balaban J connectivity index is 2.64. The van der Waals surface area contributed by atoms with Gasteiger partial charge in [0.05, 0.1) is 0 Å². The number of benzene rings is 1. The maximum atomic E-state index is 12.8. The number of carboxylic acid groups (broad SMARTS) is 1. The molecule has 2 N–H and O–H groups in total. The van der Waals surface area contributed by atoms with E-state index in [9.17, 15) is 18.8 Å². The van der Waals surface area contributed by atoms with Crippen LogP contribution in [-0.2, 0) is 14.4 Å². The van der Waals surface area contributed by atoms with E-state index in [-0.39, 0.29) is 25.6 Å². The largest absolute Gasteiger partial charge is 0.484 e. The summed E-state index contributed by atoms with van der Waals surface area (Å²) in [5, 5.41) is 11.6. The summed E-state index contributed by atoms with van der Waals surface area (Å²) in [7, 11) is 0. The predicted octanol–water partition coefficient (Wildman–Crippen LogP) is 0.642. The van der Waals surface area contributed by atoms with Crippen molar-refractivity contribution in [3.05, 3.63) is 30.1 Å². The van der Waals surface area contributed by atoms with Gasteiger partial charge in [-0.05, 0) is 31.2 Å². The van der Waals surface area contributed by atoms with Gasteiger partial charge in [0, 0.05) is 20.0 Å². The number of amides is 2. The molecule has 126 valence electrons. The van der Waals surface area contributed by atoms with Crippen molar-refractivity contribution in [3.63, 3.8) is 0 Å². The molecule has 7 nitrogen and oxygen atoms in total. The zero-order chi connectivity index (χ0) is 17.4. The van der Waals surface area contributed by atoms with Crippen LogP contribution >= 0.6 is 0 Å². The van der Waals surface area contributed by atoms with Gasteiger partial charge < -0.3 is 20.1 Å². The number of ether oxygens (including phenoxy) is 1. The molecule has 0 fully saturated rings. The summed E-state index contributed by atoms with van der Waals surface area (Å²) in [6.45, 7) is 2.48. The first-order valence-electron chi connectivity index (χ1n) is 6.96. The topological polar surface area (TPSA) is 95.9 Å². The van der Waals surface area contributed by atoms with Crippen LogP contribution in [0.1, 0.15) is 13.8 Å². The fourth-order valence-electron chi connectivity index (χ4n) is 1.78. The lowest BCUT2D eigenvalue weighted by molar-refractivity contribution is -0.150. The van der Waals surface area contributed by atoms with Crippen molar-refractivity contribution in [2.45, 2.75) is 19.9 Å². The van der Waals surface area contributed by atoms with Crippen molar-refractivity contribution in [3.8, 4) is 5.75 Å². The first-order chi connectivity index (χ1) is 10.8. The van der Waals surface area contributed by atoms with E-state index in [0.29, 0.717) is 5.75 Å². The normalized spacial score (nSPS) is 11.4. The first kappa shape index (κ1) is 18.4. The zero-order valence-corrected chi connectivity index (χ0v) is 12.9. The van der Waals surface area contributed by atoms with Crippen LogP contribution < -0.4 is 10.1 Å². The van der Waals surface area contributed by atoms with E-state index in [2.05, 4.69) is 5.32 Å². The Bertz CT molecular complexity index is 561. The molecule has 2 amide bonds. The van der Waals surface area contributed by atoms with E-state index < -0.39 is 23.7 Å². The van der Waals surface area contributed by atoms with E-state index in [4.69, 9.17) is 9.84 Å². The zero-order valence-electron chi connectivity index (χ0n) is 12.9. The number of carbonyl (C=O) groups excluding carboxylic acids is 2. The number of rotatable bonds is 8. The molecule has 0 radical (unpaired) electrons. The number of halogens is 1. The van der Waals surface area contributed by atoms with Gasteiger partial charge >= 0.3 is 5.97 Å². The predicted molar refractivity (Wildman–Crippen MR) is 79.4 cm³/mol. The minimum Gasteiger partial charge on any atom is -0.484 e. The van der Waals surface area contributed by atoms with Gasteiger partial charge in [-0.25, -0.2) is 9.18 Å². The molecular weight excluding hydrogens is 307 g/mol. The number of nitrogens with one attached hydrogen (secondary N) is 1. The Hall–Kier alpha value is -2.64. The van der Waals surface area contributed by atoms with Crippen LogP contribution in [-0.4, -0.2) is 53.5 Å². The van der Waals surface area contributed by atoms with Gasteiger partial charge in [0.15, 0.2) is 6.61 Å². The Labute approximate surface area is 133 Å². The summed E-state index contributed by atoms with van der Waals surface area (Å²) < 4.78 is 18.0. The van der Waals surface area contributed by atoms with E-state index in [1.54, 1.807) is 0 Å². The number of carbonyl (C=O) groups is 3. The highest BCUT2D eigenvalue weighted by molar-refractivity contribution is 5.84. The lowest BCUT2D eigenvalue weighted by Gasteiger charge is -2.26. The van der Waals surface area contributed by atoms with Crippen LogP contribution in [0.15, 0.2) is 24.3 Å². The van der Waals surface area contributed by atoms with Gasteiger partial charge in [0.1, 0.15) is 17.6 Å². The molecule has 0 aliphatic carbocycles. The van der Waals surface area contributed by atoms with Crippen molar-refractivity contribution in [1.29, 1.82) is 0 Å². The molecule has 0 aliphatic heterocycles. The number of aliphatic carboxylic acids is 1. The molecule has 8 heteroatoms. The third-order valence-corrected chi connectivity index (χ3v) is 3.05. The standard InChI is InChI=1S/C15H19FN2O5/c1-10(15(21)22)18(8-7-17-11(2)19)14(20)9-23-13-5-3-12(16)4-6-13/h3-6,10H,7-9H2,1-2H3,(H,17,19)(H,21,22). The van der Waals surface area contributed by atoms with Crippen LogP contribution in [0.4, 0.5) is 4.39 Å². The van der Waals surface area contributed by atoms with E-state index in [0.717, 1.165) is 4.90 Å². The van der Waals surface area contributed by atoms with Gasteiger partial charge in [0.2, 0.25) is 5.91 Å². The maximum absolute atomic E-state index is 12.8. The molecule has 23 heavy (non-hydrogen) atoms. The average Bonchev–Trinajstić information content (AvgIpc) is 2.49. The van der Waals surface area contributed by atoms with Crippen molar-refractivity contribution in [1.82, 2.24) is 10.2 Å². The van der Waals surface area contributed by atoms with Crippen LogP contribution in [0.2, 0.25) is 0 Å². The maximum Gasteiger partial charge on any atom is 0.326 e. The average molecular weight is 326 g/mol. The second kappa shape index (κ2) is 8.72. The molecular formula is C15H19FN2O5. The van der Waals surface area contributed by atoms with Crippen LogP contribution in [0.5, 0.6) is 5.75 Å². The van der Waals surface area contributed by atoms with Gasteiger partial charge in [-0.15, -0.1) is 0 Å². The summed E-state index contributed by atoms with van der Waals surface area (Å²) >= 11 is 0. The third-order valence-electron chi connectivity index (χ3n) is 3.05. The minimum atomic E-state index is -1.16. The van der Waals surface area contributed by atoms with E-state index in [1.807, 2.05) is 0 Å². The minimum absolute atomic E-state index is 0.0403.